The molecular formula is C40H51ClF3N7O4Si. The Morgan fingerprint density at radius 3 is 2.45 bits per heavy atom. The number of fused-ring (bicyclic) bond motifs is 1. The van der Waals surface area contributed by atoms with Crippen LogP contribution in [0.5, 0.6) is 6.01 Å². The van der Waals surface area contributed by atoms with E-state index in [-0.39, 0.29) is 66.6 Å². The van der Waals surface area contributed by atoms with Gasteiger partial charge in [-0.05, 0) is 55.7 Å². The lowest BCUT2D eigenvalue weighted by Crippen LogP contribution is -2.55. The molecule has 4 heterocycles. The number of ether oxygens (including phenoxy) is 2. The Bertz CT molecular complexity index is 1910. The zero-order valence-corrected chi connectivity index (χ0v) is 34.7. The zero-order valence-electron chi connectivity index (χ0n) is 32.9. The standard InChI is InChI=1S/C40H51ClF3N7O4Si/c1-39(2,3)56(5,6)55-30-21-29(48(4)23-30)26-53-37-46-33-24-49(34-14-10-13-32(41)35(34)40(42,43)44)18-16-31(33)36(47-37)50-19-20-51(28(22-50)15-17-45)38(52)54-25-27-11-8-7-9-12-27/h7-14,28-30H,15-16,18-26H2,1-6H3/t28?,29-,30+/m0/s1. The van der Waals surface area contributed by atoms with Crippen molar-refractivity contribution in [2.75, 3.05) is 56.2 Å². The van der Waals surface area contributed by atoms with E-state index in [1.165, 1.54) is 18.2 Å². The molecule has 1 unspecified atom stereocenters. The van der Waals surface area contributed by atoms with Gasteiger partial charge in [0.05, 0.1) is 53.1 Å². The summed E-state index contributed by atoms with van der Waals surface area (Å²) < 4.78 is 61.6. The van der Waals surface area contributed by atoms with Gasteiger partial charge in [-0.2, -0.15) is 28.4 Å². The fourth-order valence-corrected chi connectivity index (χ4v) is 9.05. The van der Waals surface area contributed by atoms with Gasteiger partial charge in [-0.1, -0.05) is 68.8 Å². The van der Waals surface area contributed by atoms with E-state index in [2.05, 4.69) is 44.8 Å². The number of amides is 1. The van der Waals surface area contributed by atoms with Gasteiger partial charge in [-0.15, -0.1) is 0 Å². The minimum absolute atomic E-state index is 0.0182. The average molecular weight is 814 g/mol. The largest absolute Gasteiger partial charge is 0.462 e. The third-order valence-corrected chi connectivity index (χ3v) is 16.4. The lowest BCUT2D eigenvalue weighted by atomic mass is 10.0. The van der Waals surface area contributed by atoms with Crippen LogP contribution in [0.2, 0.25) is 23.2 Å². The van der Waals surface area contributed by atoms with Crippen LogP contribution < -0.4 is 14.5 Å². The highest BCUT2D eigenvalue weighted by atomic mass is 35.5. The fourth-order valence-electron chi connectivity index (χ4n) is 7.42. The maximum atomic E-state index is 14.3. The van der Waals surface area contributed by atoms with E-state index in [1.54, 1.807) is 9.80 Å². The van der Waals surface area contributed by atoms with E-state index in [9.17, 15) is 23.2 Å². The molecule has 3 atom stereocenters. The minimum atomic E-state index is -4.66. The molecule has 0 spiro atoms. The highest BCUT2D eigenvalue weighted by Crippen LogP contribution is 2.43. The molecular weight excluding hydrogens is 763 g/mol. The number of nitriles is 1. The van der Waals surface area contributed by atoms with Gasteiger partial charge in [0.15, 0.2) is 8.32 Å². The Labute approximate surface area is 333 Å². The smallest absolute Gasteiger partial charge is 0.419 e. The number of piperazine rings is 1. The normalized spacial score (nSPS) is 20.8. The maximum absolute atomic E-state index is 14.3. The monoisotopic (exact) mass is 813 g/mol. The van der Waals surface area contributed by atoms with Crippen molar-refractivity contribution in [1.29, 1.82) is 5.26 Å². The Balaban J connectivity index is 1.25. The predicted octanol–water partition coefficient (Wildman–Crippen LogP) is 7.93. The highest BCUT2D eigenvalue weighted by Gasteiger charge is 2.43. The van der Waals surface area contributed by atoms with Gasteiger partial charge in [-0.25, -0.2) is 4.79 Å². The van der Waals surface area contributed by atoms with E-state index in [0.29, 0.717) is 37.6 Å². The third-order valence-electron chi connectivity index (χ3n) is 11.5. The highest BCUT2D eigenvalue weighted by molar-refractivity contribution is 6.74. The van der Waals surface area contributed by atoms with Crippen LogP contribution in [0.1, 0.15) is 56.0 Å². The van der Waals surface area contributed by atoms with Crippen LogP contribution in [-0.2, 0) is 34.9 Å². The zero-order chi connectivity index (χ0) is 40.4. The van der Waals surface area contributed by atoms with Crippen LogP contribution in [0.3, 0.4) is 0 Å². The number of halogens is 4. The number of anilines is 2. The fraction of sp³-hybridized carbons (Fsp3) is 0.550. The first-order valence-corrected chi connectivity index (χ1v) is 22.3. The Morgan fingerprint density at radius 1 is 1.00 bits per heavy atom. The summed E-state index contributed by atoms with van der Waals surface area (Å²) in [4.78, 5) is 30.5. The molecule has 6 rings (SSSR count). The van der Waals surface area contributed by atoms with Crippen molar-refractivity contribution in [3.05, 3.63) is 75.9 Å². The summed E-state index contributed by atoms with van der Waals surface area (Å²) in [6.45, 7) is 13.6. The molecule has 3 aliphatic heterocycles. The summed E-state index contributed by atoms with van der Waals surface area (Å²) in [5.74, 6) is 0.589. The molecule has 0 N–H and O–H groups in total. The van der Waals surface area contributed by atoms with E-state index in [1.807, 2.05) is 42.3 Å². The SMILES string of the molecule is CN1C[C@H](O[Si](C)(C)C(C)(C)C)C[C@H]1COc1nc2c(c(N3CCN(C(=O)OCc4ccccc4)C(CC#N)C3)n1)CCN(c1cccc(Cl)c1C(F)(F)F)C2. The number of rotatable bonds is 10. The first kappa shape index (κ1) is 41.5. The van der Waals surface area contributed by atoms with E-state index < -0.39 is 32.2 Å². The number of aromatic nitrogens is 2. The molecule has 3 aromatic rings. The number of carbonyl (C=O) groups is 1. The molecule has 3 aliphatic rings. The summed E-state index contributed by atoms with van der Waals surface area (Å²) >= 11 is 6.12. The van der Waals surface area contributed by atoms with Crippen LogP contribution >= 0.6 is 11.6 Å². The van der Waals surface area contributed by atoms with E-state index >= 15 is 0 Å². The molecule has 2 fully saturated rings. The molecule has 0 aliphatic carbocycles. The van der Waals surface area contributed by atoms with Gasteiger partial charge < -0.3 is 28.6 Å². The van der Waals surface area contributed by atoms with Crippen molar-refractivity contribution in [2.24, 2.45) is 0 Å². The lowest BCUT2D eigenvalue weighted by molar-refractivity contribution is -0.137. The number of alkyl halides is 3. The van der Waals surface area contributed by atoms with Gasteiger partial charge in [0.1, 0.15) is 19.0 Å². The summed E-state index contributed by atoms with van der Waals surface area (Å²) in [5.41, 5.74) is 1.29. The Morgan fingerprint density at radius 2 is 1.75 bits per heavy atom. The van der Waals surface area contributed by atoms with Crippen molar-refractivity contribution < 1.29 is 31.9 Å². The van der Waals surface area contributed by atoms with Crippen LogP contribution in [0.4, 0.5) is 29.5 Å². The van der Waals surface area contributed by atoms with E-state index in [0.717, 1.165) is 24.1 Å². The van der Waals surface area contributed by atoms with Crippen molar-refractivity contribution in [2.45, 2.75) is 95.7 Å². The topological polar surface area (TPSA) is 107 Å². The van der Waals surface area contributed by atoms with Crippen LogP contribution in [-0.4, -0.2) is 98.7 Å². The molecule has 11 nitrogen and oxygen atoms in total. The number of benzene rings is 2. The average Bonchev–Trinajstić information content (AvgIpc) is 3.49. The predicted molar refractivity (Wildman–Crippen MR) is 211 cm³/mol. The van der Waals surface area contributed by atoms with Crippen molar-refractivity contribution in [1.82, 2.24) is 19.8 Å². The Kier molecular flexibility index (Phi) is 12.4. The van der Waals surface area contributed by atoms with Crippen molar-refractivity contribution in [3.63, 3.8) is 0 Å². The van der Waals surface area contributed by atoms with Gasteiger partial charge in [-0.3, -0.25) is 4.90 Å². The second kappa shape index (κ2) is 16.8. The number of nitrogens with zero attached hydrogens (tertiary/aromatic N) is 7. The molecule has 56 heavy (non-hydrogen) atoms. The molecule has 302 valence electrons. The van der Waals surface area contributed by atoms with Gasteiger partial charge in [0.25, 0.3) is 0 Å². The number of carbonyl (C=O) groups excluding carboxylic acids is 1. The number of hydrogen-bond donors (Lipinski definition) is 0. The minimum Gasteiger partial charge on any atom is -0.462 e. The number of hydrogen-bond acceptors (Lipinski definition) is 10. The Hall–Kier alpha value is -4.10. The molecule has 0 saturated carbocycles. The molecule has 2 aromatic carbocycles. The second-order valence-electron chi connectivity index (χ2n) is 16.4. The first-order valence-electron chi connectivity index (χ1n) is 19.1. The summed E-state index contributed by atoms with van der Waals surface area (Å²) in [7, 11) is 0.0533. The third kappa shape index (κ3) is 9.36. The van der Waals surface area contributed by atoms with Crippen molar-refractivity contribution in [3.8, 4) is 12.1 Å². The van der Waals surface area contributed by atoms with Gasteiger partial charge in [0.2, 0.25) is 0 Å². The molecule has 2 saturated heterocycles. The summed E-state index contributed by atoms with van der Waals surface area (Å²) in [6.07, 6.45) is -3.89. The maximum Gasteiger partial charge on any atom is 0.419 e. The number of likely N-dealkylation sites (tertiary alicyclic amines) is 1. The van der Waals surface area contributed by atoms with E-state index in [4.69, 9.17) is 35.5 Å². The van der Waals surface area contributed by atoms with Gasteiger partial charge in [0, 0.05) is 44.3 Å². The molecule has 0 bridgehead atoms. The molecule has 1 aromatic heterocycles. The number of likely N-dealkylation sites (N-methyl/N-ethyl adjacent to an activating group) is 1. The van der Waals surface area contributed by atoms with Crippen LogP contribution in [0.15, 0.2) is 48.5 Å². The van der Waals surface area contributed by atoms with Crippen LogP contribution in [0, 0.1) is 11.3 Å². The molecule has 0 radical (unpaired) electrons. The quantitative estimate of drug-likeness (QED) is 0.188. The molecule has 16 heteroatoms. The molecule has 1 amide bonds. The van der Waals surface area contributed by atoms with Crippen LogP contribution in [0.25, 0.3) is 0 Å². The summed E-state index contributed by atoms with van der Waals surface area (Å²) in [6, 6.07) is 15.5. The van der Waals surface area contributed by atoms with Gasteiger partial charge >= 0.3 is 18.3 Å². The van der Waals surface area contributed by atoms with Crippen molar-refractivity contribution >= 4 is 37.5 Å². The second-order valence-corrected chi connectivity index (χ2v) is 21.6. The first-order chi connectivity index (χ1) is 26.4. The lowest BCUT2D eigenvalue weighted by Gasteiger charge is -2.42. The summed E-state index contributed by atoms with van der Waals surface area (Å²) in [5, 5.41) is 9.48.